The van der Waals surface area contributed by atoms with Crippen LogP contribution in [0.3, 0.4) is 0 Å². The van der Waals surface area contributed by atoms with Crippen LogP contribution in [0.15, 0.2) is 0 Å². The van der Waals surface area contributed by atoms with Gasteiger partial charge in [-0.15, -0.1) is 0 Å². The lowest BCUT2D eigenvalue weighted by Crippen LogP contribution is -2.51. The summed E-state index contributed by atoms with van der Waals surface area (Å²) in [5.74, 6) is 2.23. The Bertz CT molecular complexity index is 146. The molecule has 3 heteroatoms. The fraction of sp³-hybridized carbons (Fsp3) is 1.00. The minimum Gasteiger partial charge on any atom is -0.306 e. The van der Waals surface area contributed by atoms with E-state index in [1.165, 1.54) is 44.9 Å². The maximum Gasteiger partial charge on any atom is 0.00725 e. The highest BCUT2D eigenvalue weighted by atomic mass is 32.2. The van der Waals surface area contributed by atoms with Crippen LogP contribution in [0.1, 0.15) is 13.3 Å². The maximum absolute atomic E-state index is 2.57. The predicted octanol–water partition coefficient (Wildman–Crippen LogP) is 1.62. The van der Waals surface area contributed by atoms with Gasteiger partial charge in [-0.2, -0.15) is 11.8 Å². The zero-order valence-corrected chi connectivity index (χ0v) is 10.6. The van der Waals surface area contributed by atoms with Crippen molar-refractivity contribution in [2.45, 2.75) is 13.3 Å². The lowest BCUT2D eigenvalue weighted by molar-refractivity contribution is 0.0809. The molecule has 0 aromatic heterocycles. The van der Waals surface area contributed by atoms with Gasteiger partial charge in [0.05, 0.1) is 0 Å². The van der Waals surface area contributed by atoms with Crippen LogP contribution >= 0.6 is 11.8 Å². The van der Waals surface area contributed by atoms with Gasteiger partial charge in [0, 0.05) is 31.9 Å². The highest BCUT2D eigenvalue weighted by molar-refractivity contribution is 7.98. The minimum absolute atomic E-state index is 0.938. The van der Waals surface area contributed by atoms with Crippen LogP contribution in [0.25, 0.3) is 0 Å². The lowest BCUT2D eigenvalue weighted by Gasteiger charge is -2.41. The third kappa shape index (κ3) is 4.20. The van der Waals surface area contributed by atoms with Gasteiger partial charge >= 0.3 is 0 Å². The van der Waals surface area contributed by atoms with Gasteiger partial charge in [0.15, 0.2) is 0 Å². The number of nitrogens with zero attached hydrogens (tertiary/aromatic N) is 2. The number of thioether (sulfide) groups is 1. The van der Waals surface area contributed by atoms with Gasteiger partial charge in [-0.05, 0) is 32.2 Å². The van der Waals surface area contributed by atoms with Crippen molar-refractivity contribution in [3.05, 3.63) is 0 Å². The van der Waals surface area contributed by atoms with Crippen LogP contribution in [0, 0.1) is 5.92 Å². The molecule has 1 rings (SSSR count). The van der Waals surface area contributed by atoms with Gasteiger partial charge in [-0.1, -0.05) is 6.92 Å². The van der Waals surface area contributed by atoms with E-state index in [2.05, 4.69) is 30.0 Å². The molecule has 0 N–H and O–H groups in total. The van der Waals surface area contributed by atoms with Crippen LogP contribution in [-0.2, 0) is 0 Å². The number of hydrogen-bond donors (Lipinski definition) is 0. The Morgan fingerprint density at radius 2 is 2.14 bits per heavy atom. The fourth-order valence-corrected chi connectivity index (χ4v) is 2.55. The van der Waals surface area contributed by atoms with Gasteiger partial charge in [-0.25, -0.2) is 0 Å². The first-order valence-corrected chi connectivity index (χ1v) is 7.05. The van der Waals surface area contributed by atoms with E-state index in [0.29, 0.717) is 0 Å². The molecular formula is C11H24N2S. The van der Waals surface area contributed by atoms with Crippen molar-refractivity contribution in [3.8, 4) is 0 Å². The van der Waals surface area contributed by atoms with Gasteiger partial charge in [0.25, 0.3) is 0 Å². The molecule has 1 heterocycles. The molecule has 0 aliphatic carbocycles. The van der Waals surface area contributed by atoms with E-state index < -0.39 is 0 Å². The second-order valence-corrected chi connectivity index (χ2v) is 5.37. The number of rotatable bonds is 7. The number of hydrogen-bond acceptors (Lipinski definition) is 3. The van der Waals surface area contributed by atoms with E-state index >= 15 is 0 Å². The molecule has 0 atom stereocenters. The first-order chi connectivity index (χ1) is 6.76. The molecule has 0 saturated carbocycles. The van der Waals surface area contributed by atoms with Crippen molar-refractivity contribution in [2.24, 2.45) is 5.92 Å². The third-order valence-electron chi connectivity index (χ3n) is 2.82. The summed E-state index contributed by atoms with van der Waals surface area (Å²) in [4.78, 5) is 5.04. The molecule has 0 aromatic rings. The Hall–Kier alpha value is 0.270. The molecule has 0 bridgehead atoms. The van der Waals surface area contributed by atoms with E-state index in [-0.39, 0.29) is 0 Å². The van der Waals surface area contributed by atoms with Crippen molar-refractivity contribution in [3.63, 3.8) is 0 Å². The Balaban J connectivity index is 1.98. The van der Waals surface area contributed by atoms with Crippen molar-refractivity contribution in [1.82, 2.24) is 9.80 Å². The smallest absolute Gasteiger partial charge is 0.00725 e. The van der Waals surface area contributed by atoms with Crippen LogP contribution in [0.2, 0.25) is 0 Å². The monoisotopic (exact) mass is 216 g/mol. The third-order valence-corrected chi connectivity index (χ3v) is 3.41. The predicted molar refractivity (Wildman–Crippen MR) is 66.1 cm³/mol. The molecule has 0 unspecified atom stereocenters. The average molecular weight is 216 g/mol. The van der Waals surface area contributed by atoms with Crippen molar-refractivity contribution in [2.75, 3.05) is 51.8 Å². The largest absolute Gasteiger partial charge is 0.306 e. The van der Waals surface area contributed by atoms with E-state index in [0.717, 1.165) is 5.92 Å². The van der Waals surface area contributed by atoms with Crippen LogP contribution in [0.4, 0.5) is 0 Å². The SMILES string of the molecule is CCCN(C)CC1CN(CCSC)C1. The quantitative estimate of drug-likeness (QED) is 0.638. The zero-order chi connectivity index (χ0) is 10.4. The zero-order valence-electron chi connectivity index (χ0n) is 9.83. The van der Waals surface area contributed by atoms with Crippen LogP contribution < -0.4 is 0 Å². The highest BCUT2D eigenvalue weighted by Crippen LogP contribution is 2.16. The van der Waals surface area contributed by atoms with Gasteiger partial charge < -0.3 is 9.80 Å². The molecule has 84 valence electrons. The summed E-state index contributed by atoms with van der Waals surface area (Å²) >= 11 is 1.95. The Morgan fingerprint density at radius 3 is 2.71 bits per heavy atom. The molecule has 14 heavy (non-hydrogen) atoms. The Morgan fingerprint density at radius 1 is 1.43 bits per heavy atom. The molecule has 1 aliphatic rings. The molecule has 0 spiro atoms. The standard InChI is InChI=1S/C11H24N2S/c1-4-5-12(2)8-11-9-13(10-11)6-7-14-3/h11H,4-10H2,1-3H3. The van der Waals surface area contributed by atoms with Gasteiger partial charge in [-0.3, -0.25) is 0 Å². The van der Waals surface area contributed by atoms with E-state index in [1.54, 1.807) is 0 Å². The average Bonchev–Trinajstić information content (AvgIpc) is 2.09. The van der Waals surface area contributed by atoms with Gasteiger partial charge in [0.1, 0.15) is 0 Å². The summed E-state index contributed by atoms with van der Waals surface area (Å²) in [5.41, 5.74) is 0. The molecule has 1 fully saturated rings. The minimum atomic E-state index is 0.938. The normalized spacial score (nSPS) is 18.9. The molecule has 1 aliphatic heterocycles. The first-order valence-electron chi connectivity index (χ1n) is 5.66. The van der Waals surface area contributed by atoms with E-state index in [1.807, 2.05) is 11.8 Å². The Labute approximate surface area is 93.0 Å². The van der Waals surface area contributed by atoms with Crippen LogP contribution in [0.5, 0.6) is 0 Å². The summed E-state index contributed by atoms with van der Waals surface area (Å²) in [6, 6.07) is 0. The van der Waals surface area contributed by atoms with E-state index in [9.17, 15) is 0 Å². The molecular weight excluding hydrogens is 192 g/mol. The van der Waals surface area contributed by atoms with Gasteiger partial charge in [0.2, 0.25) is 0 Å². The second kappa shape index (κ2) is 6.70. The second-order valence-electron chi connectivity index (χ2n) is 4.38. The Kier molecular flexibility index (Phi) is 5.90. The van der Waals surface area contributed by atoms with E-state index in [4.69, 9.17) is 0 Å². The summed E-state index contributed by atoms with van der Waals surface area (Å²) in [5, 5.41) is 0. The van der Waals surface area contributed by atoms with Crippen molar-refractivity contribution in [1.29, 1.82) is 0 Å². The lowest BCUT2D eigenvalue weighted by atomic mass is 10.00. The summed E-state index contributed by atoms with van der Waals surface area (Å²) < 4.78 is 0. The summed E-state index contributed by atoms with van der Waals surface area (Å²) in [6.45, 7) is 8.74. The highest BCUT2D eigenvalue weighted by Gasteiger charge is 2.26. The summed E-state index contributed by atoms with van der Waals surface area (Å²) in [7, 11) is 2.24. The molecule has 2 nitrogen and oxygen atoms in total. The molecule has 0 amide bonds. The number of likely N-dealkylation sites (tertiary alicyclic amines) is 1. The first kappa shape index (κ1) is 12.3. The van der Waals surface area contributed by atoms with Crippen molar-refractivity contribution >= 4 is 11.8 Å². The topological polar surface area (TPSA) is 6.48 Å². The van der Waals surface area contributed by atoms with Crippen LogP contribution in [-0.4, -0.2) is 61.6 Å². The molecule has 0 radical (unpaired) electrons. The molecule has 1 saturated heterocycles. The summed E-state index contributed by atoms with van der Waals surface area (Å²) in [6.07, 6.45) is 3.46. The molecule has 0 aromatic carbocycles. The van der Waals surface area contributed by atoms with Crippen molar-refractivity contribution < 1.29 is 0 Å². The maximum atomic E-state index is 2.57. The fourth-order valence-electron chi connectivity index (χ4n) is 2.11.